The fraction of sp³-hybridized carbons (Fsp3) is 0.739. The molecule has 1 fully saturated rings. The predicted molar refractivity (Wildman–Crippen MR) is 114 cm³/mol. The quantitative estimate of drug-likeness (QED) is 0.400. The van der Waals surface area contributed by atoms with Gasteiger partial charge >= 0.3 is 190 Å². The van der Waals surface area contributed by atoms with E-state index in [0.29, 0.717) is 49.6 Å². The van der Waals surface area contributed by atoms with Crippen molar-refractivity contribution in [3.05, 3.63) is 35.6 Å². The van der Waals surface area contributed by atoms with Crippen molar-refractivity contribution in [3.8, 4) is 0 Å². The normalized spacial score (nSPS) is 20.3. The van der Waals surface area contributed by atoms with Crippen molar-refractivity contribution in [1.82, 2.24) is 4.90 Å². The molecule has 3 atom stereocenters. The molecule has 1 aliphatic rings. The molecule has 1 aromatic carbocycles. The average Bonchev–Trinajstić information content (AvgIpc) is 2.69. The molecule has 0 aromatic heterocycles. The third-order valence-corrected chi connectivity index (χ3v) is 7.56. The van der Waals surface area contributed by atoms with Gasteiger partial charge in [-0.15, -0.1) is 0 Å². The molecule has 3 unspecified atom stereocenters. The SMILES string of the molecule is CCCC(OC)C(CC[C](F)([In])CC1CCN(Cc2cccc(F)c2)CC1)OC. The molecule has 0 bridgehead atoms. The summed E-state index contributed by atoms with van der Waals surface area (Å²) in [5.41, 5.74) is 1.01. The van der Waals surface area contributed by atoms with E-state index >= 15 is 4.39 Å². The first-order valence-corrected chi connectivity index (χ1v) is 12.5. The molecule has 162 valence electrons. The molecule has 29 heavy (non-hydrogen) atoms. The van der Waals surface area contributed by atoms with E-state index in [4.69, 9.17) is 9.47 Å². The van der Waals surface area contributed by atoms with Gasteiger partial charge in [0, 0.05) is 0 Å². The van der Waals surface area contributed by atoms with Gasteiger partial charge in [0.2, 0.25) is 0 Å². The maximum atomic E-state index is 15.3. The van der Waals surface area contributed by atoms with E-state index < -0.39 is 3.43 Å². The first kappa shape index (κ1) is 25.1. The van der Waals surface area contributed by atoms with E-state index in [-0.39, 0.29) is 18.0 Å². The van der Waals surface area contributed by atoms with Crippen LogP contribution in [0.15, 0.2) is 24.3 Å². The summed E-state index contributed by atoms with van der Waals surface area (Å²) in [5.74, 6) is 0.257. The number of ether oxygens (including phenoxy) is 2. The summed E-state index contributed by atoms with van der Waals surface area (Å²) >= 11 is 0.622. The number of benzene rings is 1. The molecular formula is C23H36F2InNO2. The summed E-state index contributed by atoms with van der Waals surface area (Å²) in [4.78, 5) is 2.35. The van der Waals surface area contributed by atoms with Gasteiger partial charge in [0.1, 0.15) is 0 Å². The number of hydrogen-bond donors (Lipinski definition) is 0. The maximum absolute atomic E-state index is 15.3. The average molecular weight is 511 g/mol. The minimum atomic E-state index is -1.05. The Morgan fingerprint density at radius 2 is 1.83 bits per heavy atom. The van der Waals surface area contributed by atoms with E-state index in [9.17, 15) is 4.39 Å². The fourth-order valence-electron chi connectivity index (χ4n) is 4.40. The summed E-state index contributed by atoms with van der Waals surface area (Å²) in [6.07, 6.45) is 5.96. The number of likely N-dealkylation sites (tertiary alicyclic amines) is 1. The van der Waals surface area contributed by atoms with Gasteiger partial charge in [-0.05, 0) is 0 Å². The number of nitrogens with zero attached hydrogens (tertiary/aromatic N) is 1. The molecule has 0 amide bonds. The molecule has 0 N–H and O–H groups in total. The zero-order valence-electron chi connectivity index (χ0n) is 18.2. The molecule has 1 heterocycles. The van der Waals surface area contributed by atoms with Crippen LogP contribution < -0.4 is 0 Å². The topological polar surface area (TPSA) is 21.7 Å². The van der Waals surface area contributed by atoms with E-state index in [0.717, 1.165) is 50.9 Å². The number of methoxy groups -OCH3 is 2. The monoisotopic (exact) mass is 511 g/mol. The Morgan fingerprint density at radius 1 is 1.17 bits per heavy atom. The van der Waals surface area contributed by atoms with Gasteiger partial charge in [-0.2, -0.15) is 0 Å². The number of halogens is 2. The zero-order chi connectivity index (χ0) is 21.3. The third kappa shape index (κ3) is 8.84. The molecule has 1 aromatic rings. The van der Waals surface area contributed by atoms with Crippen LogP contribution in [0.5, 0.6) is 0 Å². The van der Waals surface area contributed by atoms with Crippen molar-refractivity contribution in [3.63, 3.8) is 0 Å². The van der Waals surface area contributed by atoms with Crippen molar-refractivity contribution in [2.24, 2.45) is 5.92 Å². The van der Waals surface area contributed by atoms with Crippen LogP contribution in [0, 0.1) is 11.7 Å². The van der Waals surface area contributed by atoms with Crippen LogP contribution >= 0.6 is 0 Å². The van der Waals surface area contributed by atoms with Crippen molar-refractivity contribution in [2.45, 2.75) is 74.0 Å². The Bertz CT molecular complexity index is 594. The Balaban J connectivity index is 1.76. The third-order valence-electron chi connectivity index (χ3n) is 6.07. The minimum absolute atomic E-state index is 0.0318. The molecule has 2 radical (unpaired) electrons. The van der Waals surface area contributed by atoms with Crippen LogP contribution in [0.2, 0.25) is 0 Å². The summed E-state index contributed by atoms with van der Waals surface area (Å²) < 4.78 is 38.8. The van der Waals surface area contributed by atoms with Crippen LogP contribution in [0.4, 0.5) is 8.78 Å². The molecule has 2 rings (SSSR count). The molecule has 1 saturated heterocycles. The second-order valence-corrected chi connectivity index (χ2v) is 11.4. The molecule has 0 aliphatic carbocycles. The van der Waals surface area contributed by atoms with Crippen molar-refractivity contribution >= 4 is 24.4 Å². The number of hydrogen-bond acceptors (Lipinski definition) is 3. The van der Waals surface area contributed by atoms with Crippen LogP contribution in [-0.2, 0) is 16.0 Å². The summed E-state index contributed by atoms with van der Waals surface area (Å²) in [5, 5.41) is 0. The number of alkyl halides is 1. The van der Waals surface area contributed by atoms with Gasteiger partial charge < -0.3 is 0 Å². The fourth-order valence-corrected chi connectivity index (χ4v) is 5.83. The zero-order valence-corrected chi connectivity index (χ0v) is 21.5. The van der Waals surface area contributed by atoms with Crippen LogP contribution in [-0.4, -0.2) is 72.2 Å². The van der Waals surface area contributed by atoms with E-state index in [1.54, 1.807) is 26.4 Å². The van der Waals surface area contributed by atoms with Gasteiger partial charge in [0.25, 0.3) is 0 Å². The van der Waals surface area contributed by atoms with Gasteiger partial charge in [-0.1, -0.05) is 0 Å². The molecular weight excluding hydrogens is 475 g/mol. The van der Waals surface area contributed by atoms with Crippen LogP contribution in [0.3, 0.4) is 0 Å². The summed E-state index contributed by atoms with van der Waals surface area (Å²) in [6, 6.07) is 6.82. The van der Waals surface area contributed by atoms with Crippen molar-refractivity contribution < 1.29 is 18.3 Å². The van der Waals surface area contributed by atoms with E-state index in [1.165, 1.54) is 6.07 Å². The van der Waals surface area contributed by atoms with E-state index in [1.807, 2.05) is 6.07 Å². The first-order chi connectivity index (χ1) is 13.9. The van der Waals surface area contributed by atoms with Gasteiger partial charge in [0.05, 0.1) is 0 Å². The molecule has 1 aliphatic heterocycles. The molecule has 0 saturated carbocycles. The molecule has 3 nitrogen and oxygen atoms in total. The molecule has 0 spiro atoms. The summed E-state index contributed by atoms with van der Waals surface area (Å²) in [6.45, 7) is 4.82. The van der Waals surface area contributed by atoms with Crippen molar-refractivity contribution in [2.75, 3.05) is 27.3 Å². The van der Waals surface area contributed by atoms with E-state index in [2.05, 4.69) is 11.8 Å². The van der Waals surface area contributed by atoms with Crippen LogP contribution in [0.1, 0.15) is 57.4 Å². The number of rotatable bonds is 12. The second kappa shape index (κ2) is 12.6. The standard InChI is InChI=1S/C23H36F2NO2.In/c1-4-6-22(27-2)23(28-3)10-9-21(25)15-18-11-13-26(14-12-18)17-19-7-5-8-20(24)16-19;/h5,7-8,16,18,22-23H,4,6,9-15,17H2,1-3H3;. The van der Waals surface area contributed by atoms with Gasteiger partial charge in [-0.25, -0.2) is 0 Å². The Hall–Kier alpha value is -0.170. The predicted octanol–water partition coefficient (Wildman–Crippen LogP) is 4.87. The molecule has 6 heteroatoms. The number of piperidine rings is 1. The van der Waals surface area contributed by atoms with Gasteiger partial charge in [-0.3, -0.25) is 0 Å². The van der Waals surface area contributed by atoms with Crippen LogP contribution in [0.25, 0.3) is 0 Å². The Labute approximate surface area is 190 Å². The first-order valence-electron chi connectivity index (χ1n) is 10.9. The Morgan fingerprint density at radius 3 is 2.41 bits per heavy atom. The van der Waals surface area contributed by atoms with Gasteiger partial charge in [0.15, 0.2) is 0 Å². The summed E-state index contributed by atoms with van der Waals surface area (Å²) in [7, 11) is 3.42. The van der Waals surface area contributed by atoms with Crippen molar-refractivity contribution in [1.29, 1.82) is 0 Å². The Kier molecular flexibility index (Phi) is 10.9. The second-order valence-electron chi connectivity index (χ2n) is 8.46.